The highest BCUT2D eigenvalue weighted by Crippen LogP contribution is 2.31. The highest BCUT2D eigenvalue weighted by atomic mass is 16.5. The van der Waals surface area contributed by atoms with Gasteiger partial charge in [0.1, 0.15) is 11.8 Å². The van der Waals surface area contributed by atoms with Gasteiger partial charge in [0.2, 0.25) is 0 Å². The first-order valence-electron chi connectivity index (χ1n) is 12.9. The van der Waals surface area contributed by atoms with E-state index in [0.717, 1.165) is 57.7 Å². The van der Waals surface area contributed by atoms with Crippen molar-refractivity contribution in [2.45, 2.75) is 32.6 Å². The lowest BCUT2D eigenvalue weighted by atomic mass is 10.1. The summed E-state index contributed by atoms with van der Waals surface area (Å²) in [6, 6.07) is 10.4. The molecule has 3 aromatic heterocycles. The molecular formula is C30H32N6O. The van der Waals surface area contributed by atoms with Gasteiger partial charge in [-0.25, -0.2) is 0 Å². The third kappa shape index (κ3) is 5.99. The van der Waals surface area contributed by atoms with Crippen molar-refractivity contribution in [3.05, 3.63) is 77.5 Å². The Hall–Kier alpha value is -4.15. The van der Waals surface area contributed by atoms with Crippen LogP contribution in [0.5, 0.6) is 5.75 Å². The van der Waals surface area contributed by atoms with Gasteiger partial charge in [0.25, 0.3) is 0 Å². The van der Waals surface area contributed by atoms with Crippen LogP contribution in [0, 0.1) is 18.3 Å². The van der Waals surface area contributed by atoms with Crippen LogP contribution in [-0.2, 0) is 0 Å². The summed E-state index contributed by atoms with van der Waals surface area (Å²) in [6.45, 7) is 6.26. The monoisotopic (exact) mass is 492 g/mol. The number of nitrogens with one attached hydrogen (secondary N) is 2. The lowest BCUT2D eigenvalue weighted by Crippen LogP contribution is -2.31. The van der Waals surface area contributed by atoms with E-state index in [2.05, 4.69) is 44.2 Å². The molecule has 1 saturated heterocycles. The van der Waals surface area contributed by atoms with Crippen molar-refractivity contribution in [1.29, 1.82) is 5.26 Å². The van der Waals surface area contributed by atoms with Crippen LogP contribution in [-0.4, -0.2) is 46.1 Å². The molecular weight excluding hydrogens is 460 g/mol. The summed E-state index contributed by atoms with van der Waals surface area (Å²) in [7, 11) is 0. The standard InChI is InChI=1S/C30H32N6O/c1-22-27-10-11-34-29(27)9-8-28(22)35-30-24(19-33-20-25(30)17-31)7-6-23-16-26(21-32-18-23)37-15-5-14-36-12-3-2-4-13-36/h6-11,16,18-21,34H,2-5,12-15H2,1H3,(H,33,35)/b7-6+. The van der Waals surface area contributed by atoms with E-state index in [0.29, 0.717) is 12.2 Å². The van der Waals surface area contributed by atoms with Gasteiger partial charge in [0, 0.05) is 53.5 Å². The van der Waals surface area contributed by atoms with Gasteiger partial charge < -0.3 is 19.9 Å². The van der Waals surface area contributed by atoms with E-state index in [4.69, 9.17) is 4.74 Å². The number of rotatable bonds is 9. The molecule has 0 bridgehead atoms. The number of anilines is 2. The van der Waals surface area contributed by atoms with Crippen molar-refractivity contribution >= 4 is 34.4 Å². The Balaban J connectivity index is 1.28. The highest BCUT2D eigenvalue weighted by molar-refractivity contribution is 5.90. The number of aromatic amines is 1. The van der Waals surface area contributed by atoms with E-state index in [1.807, 2.05) is 36.5 Å². The number of likely N-dealkylation sites (tertiary alicyclic amines) is 1. The summed E-state index contributed by atoms with van der Waals surface area (Å²) in [5, 5.41) is 14.4. The molecule has 0 radical (unpaired) electrons. The van der Waals surface area contributed by atoms with Crippen molar-refractivity contribution in [2.75, 3.05) is 31.6 Å². The number of nitriles is 1. The van der Waals surface area contributed by atoms with Crippen molar-refractivity contribution < 1.29 is 4.74 Å². The van der Waals surface area contributed by atoms with Crippen molar-refractivity contribution in [3.8, 4) is 11.8 Å². The third-order valence-electron chi connectivity index (χ3n) is 6.88. The summed E-state index contributed by atoms with van der Waals surface area (Å²) >= 11 is 0. The SMILES string of the molecule is Cc1c(Nc2c(C#N)cncc2/C=C/c2cncc(OCCCN3CCCCC3)c2)ccc2[nH]ccc12. The fourth-order valence-corrected chi connectivity index (χ4v) is 4.83. The number of aromatic nitrogens is 3. The molecule has 0 aliphatic carbocycles. The second-order valence-electron chi connectivity index (χ2n) is 9.46. The molecule has 1 aromatic carbocycles. The molecule has 37 heavy (non-hydrogen) atoms. The molecule has 7 nitrogen and oxygen atoms in total. The topological polar surface area (TPSA) is 89.9 Å². The van der Waals surface area contributed by atoms with Gasteiger partial charge in [-0.2, -0.15) is 5.26 Å². The number of benzene rings is 1. The first-order valence-corrected chi connectivity index (χ1v) is 12.9. The van der Waals surface area contributed by atoms with E-state index < -0.39 is 0 Å². The summed E-state index contributed by atoms with van der Waals surface area (Å²) < 4.78 is 5.98. The summed E-state index contributed by atoms with van der Waals surface area (Å²) in [5.74, 6) is 0.762. The highest BCUT2D eigenvalue weighted by Gasteiger charge is 2.12. The van der Waals surface area contributed by atoms with Gasteiger partial charge in [0.05, 0.1) is 24.1 Å². The number of ether oxygens (including phenoxy) is 1. The van der Waals surface area contributed by atoms with Crippen molar-refractivity contribution in [3.63, 3.8) is 0 Å². The fourth-order valence-electron chi connectivity index (χ4n) is 4.83. The molecule has 0 amide bonds. The Morgan fingerprint density at radius 2 is 1.95 bits per heavy atom. The molecule has 0 spiro atoms. The number of hydrogen-bond donors (Lipinski definition) is 2. The maximum absolute atomic E-state index is 9.75. The molecule has 188 valence electrons. The molecule has 0 saturated carbocycles. The lowest BCUT2D eigenvalue weighted by molar-refractivity contribution is 0.205. The van der Waals surface area contributed by atoms with Crippen LogP contribution in [0.15, 0.2) is 55.2 Å². The van der Waals surface area contributed by atoms with Crippen molar-refractivity contribution in [1.82, 2.24) is 19.9 Å². The Kier molecular flexibility index (Phi) is 7.78. The van der Waals surface area contributed by atoms with Crippen LogP contribution in [0.1, 0.15) is 47.9 Å². The van der Waals surface area contributed by atoms with E-state index in [9.17, 15) is 5.26 Å². The first kappa shape index (κ1) is 24.5. The quantitative estimate of drug-likeness (QED) is 0.266. The van der Waals surface area contributed by atoms with Gasteiger partial charge >= 0.3 is 0 Å². The summed E-state index contributed by atoms with van der Waals surface area (Å²) in [4.78, 5) is 14.4. The van der Waals surface area contributed by atoms with E-state index in [1.54, 1.807) is 24.8 Å². The smallest absolute Gasteiger partial charge is 0.138 e. The number of aryl methyl sites for hydroxylation is 1. The number of nitrogens with zero attached hydrogens (tertiary/aromatic N) is 4. The molecule has 1 fully saturated rings. The van der Waals surface area contributed by atoms with Gasteiger partial charge in [-0.3, -0.25) is 9.97 Å². The number of H-pyrrole nitrogens is 1. The fraction of sp³-hybridized carbons (Fsp3) is 0.300. The minimum atomic E-state index is 0.486. The number of pyridine rings is 2. The third-order valence-corrected chi connectivity index (χ3v) is 6.88. The van der Waals surface area contributed by atoms with Crippen molar-refractivity contribution in [2.24, 2.45) is 0 Å². The summed E-state index contributed by atoms with van der Waals surface area (Å²) in [6.07, 6.45) is 17.8. The Labute approximate surface area is 217 Å². The molecule has 2 N–H and O–H groups in total. The molecule has 4 aromatic rings. The minimum Gasteiger partial charge on any atom is -0.492 e. The normalized spacial score (nSPS) is 14.2. The van der Waals surface area contributed by atoms with E-state index >= 15 is 0 Å². The maximum Gasteiger partial charge on any atom is 0.138 e. The van der Waals surface area contributed by atoms with Gasteiger partial charge in [-0.05, 0) is 74.7 Å². The second kappa shape index (κ2) is 11.7. The van der Waals surface area contributed by atoms with Crippen LogP contribution in [0.4, 0.5) is 11.4 Å². The van der Waals surface area contributed by atoms with Crippen LogP contribution in [0.25, 0.3) is 23.1 Å². The molecule has 5 rings (SSSR count). The predicted octanol–water partition coefficient (Wildman–Crippen LogP) is 6.31. The predicted molar refractivity (Wildman–Crippen MR) is 149 cm³/mol. The zero-order valence-electron chi connectivity index (χ0n) is 21.2. The average molecular weight is 493 g/mol. The minimum absolute atomic E-state index is 0.486. The molecule has 1 aliphatic rings. The largest absolute Gasteiger partial charge is 0.492 e. The Morgan fingerprint density at radius 3 is 2.81 bits per heavy atom. The van der Waals surface area contributed by atoms with E-state index in [-0.39, 0.29) is 0 Å². The molecule has 0 atom stereocenters. The lowest BCUT2D eigenvalue weighted by Gasteiger charge is -2.26. The Bertz CT molecular complexity index is 1430. The number of hydrogen-bond acceptors (Lipinski definition) is 6. The van der Waals surface area contributed by atoms with Gasteiger partial charge in [0.15, 0.2) is 0 Å². The first-order chi connectivity index (χ1) is 18.2. The average Bonchev–Trinajstić information content (AvgIpc) is 3.43. The number of fused-ring (bicyclic) bond motifs is 1. The zero-order chi connectivity index (χ0) is 25.5. The zero-order valence-corrected chi connectivity index (χ0v) is 21.2. The van der Waals surface area contributed by atoms with Gasteiger partial charge in [-0.1, -0.05) is 18.6 Å². The second-order valence-corrected chi connectivity index (χ2v) is 9.46. The Morgan fingerprint density at radius 1 is 1.08 bits per heavy atom. The maximum atomic E-state index is 9.75. The molecule has 0 unspecified atom stereocenters. The summed E-state index contributed by atoms with van der Waals surface area (Å²) in [5.41, 5.74) is 6.10. The molecule has 1 aliphatic heterocycles. The molecule has 7 heteroatoms. The number of piperidine rings is 1. The van der Waals surface area contributed by atoms with Crippen LogP contribution in [0.3, 0.4) is 0 Å². The van der Waals surface area contributed by atoms with Crippen LogP contribution >= 0.6 is 0 Å². The van der Waals surface area contributed by atoms with E-state index in [1.165, 1.54) is 32.4 Å². The van der Waals surface area contributed by atoms with Gasteiger partial charge in [-0.15, -0.1) is 0 Å². The van der Waals surface area contributed by atoms with Crippen LogP contribution < -0.4 is 10.1 Å². The van der Waals surface area contributed by atoms with Crippen LogP contribution in [0.2, 0.25) is 0 Å². The molecule has 4 heterocycles.